The van der Waals surface area contributed by atoms with Crippen LogP contribution in [0.1, 0.15) is 0 Å². The maximum absolute atomic E-state index is 12.7. The molecule has 0 aliphatic rings. The number of nitrogens with zero attached hydrogens (tertiary/aromatic N) is 3. The van der Waals surface area contributed by atoms with Crippen molar-refractivity contribution in [1.29, 1.82) is 0 Å². The Balaban J connectivity index is 1.39. The molecule has 5 rings (SSSR count). The van der Waals surface area contributed by atoms with Crippen molar-refractivity contribution in [3.63, 3.8) is 0 Å². The van der Waals surface area contributed by atoms with Gasteiger partial charge in [-0.25, -0.2) is 9.97 Å². The first kappa shape index (κ1) is 17.9. The zero-order chi connectivity index (χ0) is 19.6. The van der Waals surface area contributed by atoms with E-state index in [0.29, 0.717) is 5.82 Å². The first-order valence-corrected chi connectivity index (χ1v) is 10.9. The first-order valence-electron chi connectivity index (χ1n) is 9.09. The number of para-hydroxylation sites is 1. The normalized spacial score (nSPS) is 11.2. The van der Waals surface area contributed by atoms with Crippen molar-refractivity contribution in [3.05, 3.63) is 79.0 Å². The van der Waals surface area contributed by atoms with Gasteiger partial charge in [-0.3, -0.25) is 9.20 Å². The van der Waals surface area contributed by atoms with Crippen LogP contribution in [0.15, 0.2) is 83.3 Å². The second-order valence-electron chi connectivity index (χ2n) is 6.39. The van der Waals surface area contributed by atoms with Gasteiger partial charge in [-0.05, 0) is 24.3 Å². The number of thiazole rings is 1. The summed E-state index contributed by atoms with van der Waals surface area (Å²) in [5.74, 6) is 0.882. The highest BCUT2D eigenvalue weighted by Gasteiger charge is 2.16. The molecule has 0 aliphatic heterocycles. The third-order valence-corrected chi connectivity index (χ3v) is 6.62. The van der Waals surface area contributed by atoms with Gasteiger partial charge in [0.25, 0.3) is 0 Å². The standard InChI is InChI=1S/C22H16N4OS2/c27-19(14-28-22-23-16-10-4-5-11-17(16)29-22)25-21-20(15-8-2-1-3-9-15)24-18-12-6-7-13-26(18)21/h1-13H,14H2,(H,25,27). The number of hydrogen-bond donors (Lipinski definition) is 1. The molecule has 0 unspecified atom stereocenters. The topological polar surface area (TPSA) is 59.3 Å². The van der Waals surface area contributed by atoms with E-state index in [0.717, 1.165) is 31.5 Å². The lowest BCUT2D eigenvalue weighted by molar-refractivity contribution is -0.113. The van der Waals surface area contributed by atoms with Crippen molar-refractivity contribution in [3.8, 4) is 11.3 Å². The predicted molar refractivity (Wildman–Crippen MR) is 120 cm³/mol. The molecule has 5 aromatic rings. The third-order valence-electron chi connectivity index (χ3n) is 4.44. The van der Waals surface area contributed by atoms with Crippen LogP contribution in [0.3, 0.4) is 0 Å². The lowest BCUT2D eigenvalue weighted by Gasteiger charge is -2.07. The number of carbonyl (C=O) groups is 1. The Morgan fingerprint density at radius 3 is 2.62 bits per heavy atom. The largest absolute Gasteiger partial charge is 0.309 e. The molecule has 0 bridgehead atoms. The number of fused-ring (bicyclic) bond motifs is 2. The van der Waals surface area contributed by atoms with Crippen LogP contribution >= 0.6 is 23.1 Å². The summed E-state index contributed by atoms with van der Waals surface area (Å²) < 4.78 is 3.93. The van der Waals surface area contributed by atoms with Gasteiger partial charge in [0.2, 0.25) is 5.91 Å². The molecule has 2 aromatic carbocycles. The fourth-order valence-electron chi connectivity index (χ4n) is 3.12. The summed E-state index contributed by atoms with van der Waals surface area (Å²) in [6, 6.07) is 23.7. The average molecular weight is 417 g/mol. The highest BCUT2D eigenvalue weighted by Crippen LogP contribution is 2.31. The fourth-order valence-corrected chi connectivity index (χ4v) is 4.99. The van der Waals surface area contributed by atoms with Crippen molar-refractivity contribution in [2.24, 2.45) is 0 Å². The molecule has 1 amide bonds. The van der Waals surface area contributed by atoms with E-state index in [1.807, 2.05) is 83.4 Å². The van der Waals surface area contributed by atoms with Gasteiger partial charge >= 0.3 is 0 Å². The molecule has 0 atom stereocenters. The minimum atomic E-state index is -0.0860. The van der Waals surface area contributed by atoms with E-state index in [9.17, 15) is 4.79 Å². The van der Waals surface area contributed by atoms with E-state index < -0.39 is 0 Å². The summed E-state index contributed by atoms with van der Waals surface area (Å²) in [5, 5.41) is 3.05. The number of amides is 1. The minimum Gasteiger partial charge on any atom is -0.309 e. The maximum Gasteiger partial charge on any atom is 0.235 e. The number of thioether (sulfide) groups is 1. The van der Waals surface area contributed by atoms with Gasteiger partial charge in [0, 0.05) is 11.8 Å². The van der Waals surface area contributed by atoms with Crippen LogP contribution < -0.4 is 5.32 Å². The predicted octanol–water partition coefficient (Wildman–Crippen LogP) is 5.34. The molecular formula is C22H16N4OS2. The van der Waals surface area contributed by atoms with Crippen molar-refractivity contribution < 1.29 is 4.79 Å². The number of rotatable bonds is 5. The molecule has 0 aliphatic carbocycles. The summed E-state index contributed by atoms with van der Waals surface area (Å²) in [6.07, 6.45) is 1.91. The number of aromatic nitrogens is 3. The summed E-state index contributed by atoms with van der Waals surface area (Å²) >= 11 is 3.05. The van der Waals surface area contributed by atoms with E-state index in [1.54, 1.807) is 11.3 Å². The maximum atomic E-state index is 12.7. The number of nitrogens with one attached hydrogen (secondary N) is 1. The van der Waals surface area contributed by atoms with Crippen LogP contribution in [-0.4, -0.2) is 26.0 Å². The van der Waals surface area contributed by atoms with Gasteiger partial charge < -0.3 is 5.32 Å². The molecule has 29 heavy (non-hydrogen) atoms. The van der Waals surface area contributed by atoms with Crippen molar-refractivity contribution >= 4 is 50.7 Å². The molecule has 3 heterocycles. The number of pyridine rings is 1. The summed E-state index contributed by atoms with van der Waals surface area (Å²) in [4.78, 5) is 22.0. The molecule has 7 heteroatoms. The number of anilines is 1. The highest BCUT2D eigenvalue weighted by molar-refractivity contribution is 8.01. The molecule has 1 N–H and O–H groups in total. The van der Waals surface area contributed by atoms with Crippen LogP contribution in [-0.2, 0) is 4.79 Å². The molecule has 0 radical (unpaired) electrons. The van der Waals surface area contributed by atoms with Crippen LogP contribution in [0.25, 0.3) is 27.1 Å². The summed E-state index contributed by atoms with van der Waals surface area (Å²) in [6.45, 7) is 0. The zero-order valence-electron chi connectivity index (χ0n) is 15.3. The summed E-state index contributed by atoms with van der Waals surface area (Å²) in [5.41, 5.74) is 3.48. The molecular weight excluding hydrogens is 400 g/mol. The van der Waals surface area contributed by atoms with Gasteiger partial charge in [-0.15, -0.1) is 11.3 Å². The van der Waals surface area contributed by atoms with Crippen molar-refractivity contribution in [2.75, 3.05) is 11.1 Å². The van der Waals surface area contributed by atoms with E-state index in [2.05, 4.69) is 10.3 Å². The number of benzene rings is 2. The van der Waals surface area contributed by atoms with Crippen molar-refractivity contribution in [1.82, 2.24) is 14.4 Å². The minimum absolute atomic E-state index is 0.0860. The van der Waals surface area contributed by atoms with Crippen molar-refractivity contribution in [2.45, 2.75) is 4.34 Å². The van der Waals surface area contributed by atoms with Crippen LogP contribution in [0.4, 0.5) is 5.82 Å². The highest BCUT2D eigenvalue weighted by atomic mass is 32.2. The van der Waals surface area contributed by atoms with E-state index in [4.69, 9.17) is 4.98 Å². The average Bonchev–Trinajstić information content (AvgIpc) is 3.34. The van der Waals surface area contributed by atoms with Gasteiger partial charge in [0.1, 0.15) is 17.2 Å². The Morgan fingerprint density at radius 1 is 0.966 bits per heavy atom. The second-order valence-corrected chi connectivity index (χ2v) is 8.64. The van der Waals surface area contributed by atoms with Gasteiger partial charge in [0.15, 0.2) is 4.34 Å². The van der Waals surface area contributed by atoms with E-state index in [1.165, 1.54) is 11.8 Å². The SMILES string of the molecule is O=C(CSc1nc2ccccc2s1)Nc1c(-c2ccccc2)nc2ccccn12. The molecule has 142 valence electrons. The number of imidazole rings is 1. The van der Waals surface area contributed by atoms with Gasteiger partial charge in [0.05, 0.1) is 16.0 Å². The van der Waals surface area contributed by atoms with Gasteiger partial charge in [-0.2, -0.15) is 0 Å². The second kappa shape index (κ2) is 7.69. The molecule has 3 aromatic heterocycles. The Bertz CT molecular complexity index is 1280. The number of hydrogen-bond acceptors (Lipinski definition) is 5. The van der Waals surface area contributed by atoms with Gasteiger partial charge in [-0.1, -0.05) is 60.3 Å². The van der Waals surface area contributed by atoms with E-state index in [-0.39, 0.29) is 11.7 Å². The monoisotopic (exact) mass is 416 g/mol. The first-order chi connectivity index (χ1) is 14.3. The Labute approximate surface area is 175 Å². The molecule has 0 saturated carbocycles. The molecule has 0 saturated heterocycles. The Morgan fingerprint density at radius 2 is 1.76 bits per heavy atom. The fraction of sp³-hybridized carbons (Fsp3) is 0.0455. The molecule has 0 fully saturated rings. The molecule has 0 spiro atoms. The zero-order valence-corrected chi connectivity index (χ0v) is 16.9. The molecule has 5 nitrogen and oxygen atoms in total. The quantitative estimate of drug-likeness (QED) is 0.393. The Hall–Kier alpha value is -3.16. The van der Waals surface area contributed by atoms with E-state index >= 15 is 0 Å². The van der Waals surface area contributed by atoms with Crippen LogP contribution in [0.2, 0.25) is 0 Å². The lowest BCUT2D eigenvalue weighted by Crippen LogP contribution is -2.16. The van der Waals surface area contributed by atoms with Crippen LogP contribution in [0, 0.1) is 0 Å². The third kappa shape index (κ3) is 3.62. The Kier molecular flexibility index (Phi) is 4.75. The smallest absolute Gasteiger partial charge is 0.235 e. The lowest BCUT2D eigenvalue weighted by atomic mass is 10.1. The van der Waals surface area contributed by atoms with Crippen LogP contribution in [0.5, 0.6) is 0 Å². The summed E-state index contributed by atoms with van der Waals surface area (Å²) in [7, 11) is 0. The number of carbonyl (C=O) groups excluding carboxylic acids is 1.